The Morgan fingerprint density at radius 2 is 1.69 bits per heavy atom. The molecule has 2 aliphatic heterocycles. The zero-order valence-electron chi connectivity index (χ0n) is 17.4. The first kappa shape index (κ1) is 19.8. The number of benzene rings is 2. The van der Waals surface area contributed by atoms with Crippen molar-refractivity contribution in [3.05, 3.63) is 63.2 Å². The van der Waals surface area contributed by atoms with Gasteiger partial charge in [-0.05, 0) is 45.9 Å². The Labute approximate surface area is 176 Å². The maximum atomic E-state index is 13.2. The Morgan fingerprint density at radius 1 is 1.00 bits per heavy atom. The highest BCUT2D eigenvalue weighted by Gasteiger charge is 2.43. The molecule has 0 radical (unpaired) electrons. The third kappa shape index (κ3) is 2.83. The molecule has 6 heteroatoms. The van der Waals surface area contributed by atoms with Gasteiger partial charge in [0.15, 0.2) is 0 Å². The predicted molar refractivity (Wildman–Crippen MR) is 112 cm³/mol. The van der Waals surface area contributed by atoms with E-state index in [0.29, 0.717) is 35.0 Å². The van der Waals surface area contributed by atoms with E-state index in [9.17, 15) is 9.59 Å². The van der Waals surface area contributed by atoms with Crippen molar-refractivity contribution in [2.45, 2.75) is 52.4 Å². The molecule has 2 amide bonds. The number of nitrogens with zero attached hydrogens (tertiary/aromatic N) is 2. The van der Waals surface area contributed by atoms with Crippen molar-refractivity contribution in [2.24, 2.45) is 0 Å². The van der Waals surface area contributed by atoms with Gasteiger partial charge < -0.3 is 14.5 Å². The second kappa shape index (κ2) is 6.77. The van der Waals surface area contributed by atoms with Gasteiger partial charge in [-0.15, -0.1) is 0 Å². The van der Waals surface area contributed by atoms with Crippen molar-refractivity contribution in [3.63, 3.8) is 0 Å². The van der Waals surface area contributed by atoms with Crippen molar-refractivity contribution < 1.29 is 14.3 Å². The SMILES string of the molecule is COc1c(C(C)(C)N2Cc3c(Cl)cccc3C2=O)ccc2c1CN(C(C)C)C2=O. The molecule has 152 valence electrons. The first-order valence-corrected chi connectivity index (χ1v) is 10.2. The molecule has 0 saturated carbocycles. The molecule has 0 spiro atoms. The van der Waals surface area contributed by atoms with Crippen LogP contribution in [0.3, 0.4) is 0 Å². The lowest BCUT2D eigenvalue weighted by Gasteiger charge is -2.37. The Balaban J connectivity index is 1.78. The van der Waals surface area contributed by atoms with Gasteiger partial charge in [-0.1, -0.05) is 23.7 Å². The minimum atomic E-state index is -0.645. The summed E-state index contributed by atoms with van der Waals surface area (Å²) >= 11 is 6.35. The van der Waals surface area contributed by atoms with Gasteiger partial charge in [0.25, 0.3) is 11.8 Å². The minimum Gasteiger partial charge on any atom is -0.496 e. The predicted octanol–water partition coefficient (Wildman–Crippen LogP) is 4.60. The summed E-state index contributed by atoms with van der Waals surface area (Å²) < 4.78 is 5.80. The van der Waals surface area contributed by atoms with E-state index in [0.717, 1.165) is 16.7 Å². The molecule has 0 atom stereocenters. The fourth-order valence-corrected chi connectivity index (χ4v) is 4.64. The highest BCUT2D eigenvalue weighted by atomic mass is 35.5. The molecule has 0 unspecified atom stereocenters. The van der Waals surface area contributed by atoms with Crippen LogP contribution in [0.4, 0.5) is 0 Å². The quantitative estimate of drug-likeness (QED) is 0.737. The smallest absolute Gasteiger partial charge is 0.255 e. The van der Waals surface area contributed by atoms with Gasteiger partial charge in [-0.3, -0.25) is 9.59 Å². The fourth-order valence-electron chi connectivity index (χ4n) is 4.41. The molecule has 0 bridgehead atoms. The summed E-state index contributed by atoms with van der Waals surface area (Å²) in [4.78, 5) is 29.6. The summed E-state index contributed by atoms with van der Waals surface area (Å²) in [5, 5.41) is 0.605. The normalized spacial score (nSPS) is 16.0. The van der Waals surface area contributed by atoms with Gasteiger partial charge in [-0.25, -0.2) is 0 Å². The molecular weight excluding hydrogens is 388 g/mol. The van der Waals surface area contributed by atoms with Crippen LogP contribution < -0.4 is 4.74 Å². The maximum Gasteiger partial charge on any atom is 0.255 e. The van der Waals surface area contributed by atoms with Crippen LogP contribution in [-0.2, 0) is 18.6 Å². The second-order valence-electron chi connectivity index (χ2n) is 8.42. The number of ether oxygens (including phenoxy) is 1. The zero-order valence-corrected chi connectivity index (χ0v) is 18.1. The molecule has 2 aromatic carbocycles. The summed E-state index contributed by atoms with van der Waals surface area (Å²) in [6.07, 6.45) is 0. The van der Waals surface area contributed by atoms with Crippen LogP contribution in [0, 0.1) is 0 Å². The average Bonchev–Trinajstić information content (AvgIpc) is 3.20. The number of amides is 2. The first-order chi connectivity index (χ1) is 13.7. The van der Waals surface area contributed by atoms with Crippen molar-refractivity contribution in [2.75, 3.05) is 7.11 Å². The number of carbonyl (C=O) groups is 2. The standard InChI is InChI=1S/C23H25ClN2O3/c1-13(2)25-11-17-15(21(25)27)9-10-18(20(17)29-5)23(3,4)26-12-16-14(22(26)28)7-6-8-19(16)24/h6-10,13H,11-12H2,1-5H3. The van der Waals surface area contributed by atoms with Crippen molar-refractivity contribution in [1.82, 2.24) is 9.80 Å². The largest absolute Gasteiger partial charge is 0.496 e. The minimum absolute atomic E-state index is 0.0223. The van der Waals surface area contributed by atoms with E-state index >= 15 is 0 Å². The van der Waals surface area contributed by atoms with E-state index in [1.807, 2.05) is 61.8 Å². The first-order valence-electron chi connectivity index (χ1n) is 9.79. The number of hydrogen-bond donors (Lipinski definition) is 0. The monoisotopic (exact) mass is 412 g/mol. The molecule has 0 fully saturated rings. The summed E-state index contributed by atoms with van der Waals surface area (Å²) in [5.74, 6) is 0.655. The van der Waals surface area contributed by atoms with Gasteiger partial charge in [-0.2, -0.15) is 0 Å². The summed E-state index contributed by atoms with van der Waals surface area (Å²) in [5.41, 5.74) is 3.30. The average molecular weight is 413 g/mol. The van der Waals surface area contributed by atoms with Gasteiger partial charge in [0.05, 0.1) is 19.2 Å². The molecule has 5 nitrogen and oxygen atoms in total. The number of methoxy groups -OCH3 is 1. The lowest BCUT2D eigenvalue weighted by atomic mass is 9.88. The van der Waals surface area contributed by atoms with Gasteiger partial charge >= 0.3 is 0 Å². The number of fused-ring (bicyclic) bond motifs is 2. The van der Waals surface area contributed by atoms with E-state index < -0.39 is 5.54 Å². The highest BCUT2D eigenvalue weighted by molar-refractivity contribution is 6.32. The molecular formula is C23H25ClN2O3. The third-order valence-corrected chi connectivity index (χ3v) is 6.51. The van der Waals surface area contributed by atoms with Gasteiger partial charge in [0, 0.05) is 45.4 Å². The van der Waals surface area contributed by atoms with Crippen molar-refractivity contribution >= 4 is 23.4 Å². The topological polar surface area (TPSA) is 49.9 Å². The molecule has 0 N–H and O–H groups in total. The fraction of sp³-hybridized carbons (Fsp3) is 0.391. The lowest BCUT2D eigenvalue weighted by molar-refractivity contribution is 0.0562. The van der Waals surface area contributed by atoms with Crippen LogP contribution in [0.1, 0.15) is 65.1 Å². The van der Waals surface area contributed by atoms with E-state index in [4.69, 9.17) is 16.3 Å². The molecule has 2 aliphatic rings. The summed E-state index contributed by atoms with van der Waals surface area (Å²) in [6.45, 7) is 8.98. The Morgan fingerprint density at radius 3 is 2.31 bits per heavy atom. The number of rotatable bonds is 4. The maximum absolute atomic E-state index is 13.2. The molecule has 0 aliphatic carbocycles. The van der Waals surface area contributed by atoms with Crippen LogP contribution in [-0.4, -0.2) is 34.8 Å². The molecule has 4 rings (SSSR count). The molecule has 29 heavy (non-hydrogen) atoms. The van der Waals surface area contributed by atoms with E-state index in [2.05, 4.69) is 0 Å². The zero-order chi connectivity index (χ0) is 21.1. The van der Waals surface area contributed by atoms with E-state index in [-0.39, 0.29) is 17.9 Å². The highest BCUT2D eigenvalue weighted by Crippen LogP contribution is 2.44. The summed E-state index contributed by atoms with van der Waals surface area (Å²) in [6, 6.07) is 9.31. The van der Waals surface area contributed by atoms with Crippen LogP contribution in [0.2, 0.25) is 5.02 Å². The van der Waals surface area contributed by atoms with Crippen molar-refractivity contribution in [1.29, 1.82) is 0 Å². The van der Waals surface area contributed by atoms with Gasteiger partial charge in [0.1, 0.15) is 5.75 Å². The lowest BCUT2D eigenvalue weighted by Crippen LogP contribution is -2.42. The van der Waals surface area contributed by atoms with E-state index in [1.165, 1.54) is 0 Å². The van der Waals surface area contributed by atoms with Gasteiger partial charge in [0.2, 0.25) is 0 Å². The number of carbonyl (C=O) groups excluding carboxylic acids is 2. The Hall–Kier alpha value is -2.53. The van der Waals surface area contributed by atoms with Crippen molar-refractivity contribution in [3.8, 4) is 5.75 Å². The van der Waals surface area contributed by atoms with Crippen LogP contribution in [0.25, 0.3) is 0 Å². The molecule has 2 aromatic rings. The molecule has 2 heterocycles. The van der Waals surface area contributed by atoms with Crippen LogP contribution >= 0.6 is 11.6 Å². The van der Waals surface area contributed by atoms with Crippen LogP contribution in [0.15, 0.2) is 30.3 Å². The second-order valence-corrected chi connectivity index (χ2v) is 8.82. The third-order valence-electron chi connectivity index (χ3n) is 6.15. The Kier molecular flexibility index (Phi) is 4.61. The molecule has 0 aromatic heterocycles. The van der Waals surface area contributed by atoms with Crippen LogP contribution in [0.5, 0.6) is 5.75 Å². The summed E-state index contributed by atoms with van der Waals surface area (Å²) in [7, 11) is 1.62. The van der Waals surface area contributed by atoms with E-state index in [1.54, 1.807) is 13.2 Å². The Bertz CT molecular complexity index is 1030. The molecule has 0 saturated heterocycles. The number of halogens is 1. The number of hydrogen-bond acceptors (Lipinski definition) is 3.